The number of amides is 1. The molecule has 0 saturated carbocycles. The van der Waals surface area contributed by atoms with Crippen molar-refractivity contribution in [1.29, 1.82) is 0 Å². The van der Waals surface area contributed by atoms with Gasteiger partial charge in [0.15, 0.2) is 11.5 Å². The third-order valence-electron chi connectivity index (χ3n) is 4.26. The Morgan fingerprint density at radius 3 is 2.48 bits per heavy atom. The van der Waals surface area contributed by atoms with Crippen molar-refractivity contribution in [2.75, 3.05) is 32.0 Å². The fraction of sp³-hybridized carbons (Fsp3) is 0.182. The van der Waals surface area contributed by atoms with E-state index in [-0.39, 0.29) is 5.91 Å². The average molecular weight is 393 g/mol. The first-order valence-electron chi connectivity index (χ1n) is 8.99. The predicted molar refractivity (Wildman–Crippen MR) is 112 cm³/mol. The summed E-state index contributed by atoms with van der Waals surface area (Å²) in [5.74, 6) is 1.71. The summed E-state index contributed by atoms with van der Waals surface area (Å²) in [6, 6.07) is 16.4. The van der Waals surface area contributed by atoms with E-state index in [4.69, 9.17) is 14.2 Å². The lowest BCUT2D eigenvalue weighted by atomic mass is 10.2. The van der Waals surface area contributed by atoms with Crippen molar-refractivity contribution in [2.45, 2.75) is 6.54 Å². The van der Waals surface area contributed by atoms with Crippen molar-refractivity contribution in [3.8, 4) is 17.2 Å². The summed E-state index contributed by atoms with van der Waals surface area (Å²) in [7, 11) is 4.78. The van der Waals surface area contributed by atoms with Gasteiger partial charge in [-0.2, -0.15) is 0 Å². The number of ether oxygens (including phenoxy) is 3. The summed E-state index contributed by atoms with van der Waals surface area (Å²) in [6.07, 6.45) is 1.59. The molecule has 0 fully saturated rings. The fourth-order valence-electron chi connectivity index (χ4n) is 2.76. The van der Waals surface area contributed by atoms with Crippen LogP contribution in [-0.4, -0.2) is 32.2 Å². The number of hydrogen-bond donors (Lipinski definition) is 2. The van der Waals surface area contributed by atoms with Gasteiger partial charge in [-0.3, -0.25) is 9.78 Å². The van der Waals surface area contributed by atoms with Crippen molar-refractivity contribution < 1.29 is 19.0 Å². The van der Waals surface area contributed by atoms with E-state index >= 15 is 0 Å². The Kier molecular flexibility index (Phi) is 6.52. The van der Waals surface area contributed by atoms with Gasteiger partial charge in [-0.05, 0) is 42.0 Å². The zero-order chi connectivity index (χ0) is 20.6. The number of pyridine rings is 1. The zero-order valence-corrected chi connectivity index (χ0v) is 16.6. The number of carbonyl (C=O) groups is 1. The molecule has 0 bridgehead atoms. The first kappa shape index (κ1) is 20.0. The predicted octanol–water partition coefficient (Wildman–Crippen LogP) is 3.97. The van der Waals surface area contributed by atoms with Gasteiger partial charge >= 0.3 is 0 Å². The lowest BCUT2D eigenvalue weighted by molar-refractivity contribution is 0.102. The zero-order valence-electron chi connectivity index (χ0n) is 16.6. The molecule has 1 aromatic heterocycles. The minimum atomic E-state index is -0.298. The molecule has 1 amide bonds. The van der Waals surface area contributed by atoms with Crippen LogP contribution < -0.4 is 24.8 Å². The van der Waals surface area contributed by atoms with Gasteiger partial charge in [-0.25, -0.2) is 0 Å². The summed E-state index contributed by atoms with van der Waals surface area (Å²) >= 11 is 0. The highest BCUT2D eigenvalue weighted by molar-refractivity contribution is 6.03. The van der Waals surface area contributed by atoms with Crippen molar-refractivity contribution in [1.82, 2.24) is 4.98 Å². The molecular weight excluding hydrogens is 370 g/mol. The van der Waals surface area contributed by atoms with E-state index in [0.29, 0.717) is 35.2 Å². The SMILES string of the molecule is COc1cccc(NC(=O)c2cc(NCc3ccc(OC)c(OC)c3)ccn2)c1. The van der Waals surface area contributed by atoms with Crippen molar-refractivity contribution in [3.63, 3.8) is 0 Å². The van der Waals surface area contributed by atoms with Crippen LogP contribution in [0.2, 0.25) is 0 Å². The summed E-state index contributed by atoms with van der Waals surface area (Å²) < 4.78 is 15.8. The number of anilines is 2. The Morgan fingerprint density at radius 1 is 0.897 bits per heavy atom. The maximum atomic E-state index is 12.5. The van der Waals surface area contributed by atoms with Gasteiger partial charge in [-0.1, -0.05) is 12.1 Å². The van der Waals surface area contributed by atoms with Crippen LogP contribution in [0.1, 0.15) is 16.1 Å². The first-order chi connectivity index (χ1) is 14.1. The van der Waals surface area contributed by atoms with Gasteiger partial charge in [-0.15, -0.1) is 0 Å². The number of methoxy groups -OCH3 is 3. The average Bonchev–Trinajstić information content (AvgIpc) is 2.77. The smallest absolute Gasteiger partial charge is 0.274 e. The van der Waals surface area contributed by atoms with E-state index in [1.807, 2.05) is 36.4 Å². The Morgan fingerprint density at radius 2 is 1.72 bits per heavy atom. The highest BCUT2D eigenvalue weighted by Gasteiger charge is 2.10. The lowest BCUT2D eigenvalue weighted by Crippen LogP contribution is -2.14. The maximum absolute atomic E-state index is 12.5. The van der Waals surface area contributed by atoms with Crippen molar-refractivity contribution >= 4 is 17.3 Å². The van der Waals surface area contributed by atoms with Crippen LogP contribution >= 0.6 is 0 Å². The molecule has 150 valence electrons. The summed E-state index contributed by atoms with van der Waals surface area (Å²) in [4.78, 5) is 16.7. The van der Waals surface area contributed by atoms with E-state index in [2.05, 4.69) is 15.6 Å². The first-order valence-corrected chi connectivity index (χ1v) is 8.99. The second kappa shape index (κ2) is 9.45. The van der Waals surface area contributed by atoms with Crippen LogP contribution in [0.15, 0.2) is 60.8 Å². The van der Waals surface area contributed by atoms with Gasteiger partial charge in [0.1, 0.15) is 11.4 Å². The standard InChI is InChI=1S/C22H23N3O4/c1-27-18-6-4-5-17(12-18)25-22(26)19-13-16(9-10-23-19)24-14-15-7-8-20(28-2)21(11-15)29-3/h4-13H,14H2,1-3H3,(H,23,24)(H,25,26). The molecule has 2 N–H and O–H groups in total. The van der Waals surface area contributed by atoms with Crippen molar-refractivity contribution in [3.05, 3.63) is 72.1 Å². The largest absolute Gasteiger partial charge is 0.497 e. The molecule has 0 atom stereocenters. The monoisotopic (exact) mass is 393 g/mol. The molecule has 3 rings (SSSR count). The van der Waals surface area contributed by atoms with Crippen molar-refractivity contribution in [2.24, 2.45) is 0 Å². The number of benzene rings is 2. The Balaban J connectivity index is 1.67. The highest BCUT2D eigenvalue weighted by atomic mass is 16.5. The molecule has 2 aromatic carbocycles. The number of nitrogens with one attached hydrogen (secondary N) is 2. The van der Waals surface area contributed by atoms with E-state index < -0.39 is 0 Å². The summed E-state index contributed by atoms with van der Waals surface area (Å²) in [6.45, 7) is 0.557. The molecular formula is C22H23N3O4. The van der Waals surface area contributed by atoms with Crippen LogP contribution in [0.5, 0.6) is 17.2 Å². The maximum Gasteiger partial charge on any atom is 0.274 e. The molecule has 29 heavy (non-hydrogen) atoms. The van der Waals surface area contributed by atoms with Crippen LogP contribution in [0, 0.1) is 0 Å². The molecule has 0 spiro atoms. The third-order valence-corrected chi connectivity index (χ3v) is 4.26. The number of aromatic nitrogens is 1. The third kappa shape index (κ3) is 5.16. The molecule has 0 aliphatic rings. The minimum Gasteiger partial charge on any atom is -0.497 e. The minimum absolute atomic E-state index is 0.298. The fourth-order valence-corrected chi connectivity index (χ4v) is 2.76. The molecule has 7 nitrogen and oxygen atoms in total. The van der Waals surface area contributed by atoms with Gasteiger partial charge in [0, 0.05) is 30.2 Å². The topological polar surface area (TPSA) is 81.7 Å². The van der Waals surface area contributed by atoms with E-state index in [9.17, 15) is 4.79 Å². The normalized spacial score (nSPS) is 10.2. The van der Waals surface area contributed by atoms with Crippen LogP contribution in [0.4, 0.5) is 11.4 Å². The van der Waals surface area contributed by atoms with Gasteiger partial charge in [0.25, 0.3) is 5.91 Å². The molecule has 3 aromatic rings. The summed E-state index contributed by atoms with van der Waals surface area (Å²) in [5.41, 5.74) is 2.75. The lowest BCUT2D eigenvalue weighted by Gasteiger charge is -2.11. The highest BCUT2D eigenvalue weighted by Crippen LogP contribution is 2.28. The van der Waals surface area contributed by atoms with Crippen LogP contribution in [-0.2, 0) is 6.54 Å². The van der Waals surface area contributed by atoms with Gasteiger partial charge < -0.3 is 24.8 Å². The molecule has 1 heterocycles. The van der Waals surface area contributed by atoms with Gasteiger partial charge in [0.05, 0.1) is 21.3 Å². The summed E-state index contributed by atoms with van der Waals surface area (Å²) in [5, 5.41) is 6.11. The van der Waals surface area contributed by atoms with Crippen LogP contribution in [0.25, 0.3) is 0 Å². The molecule has 0 unspecified atom stereocenters. The number of nitrogens with zero attached hydrogens (tertiary/aromatic N) is 1. The van der Waals surface area contributed by atoms with E-state index in [1.165, 1.54) is 0 Å². The van der Waals surface area contributed by atoms with E-state index in [1.54, 1.807) is 45.7 Å². The Labute approximate surface area is 169 Å². The second-order valence-electron chi connectivity index (χ2n) is 6.16. The van der Waals surface area contributed by atoms with Gasteiger partial charge in [0.2, 0.25) is 0 Å². The Hall–Kier alpha value is -3.74. The molecule has 0 aliphatic heterocycles. The Bertz CT molecular complexity index is 991. The number of rotatable bonds is 8. The quantitative estimate of drug-likeness (QED) is 0.603. The molecule has 0 radical (unpaired) electrons. The second-order valence-corrected chi connectivity index (χ2v) is 6.16. The van der Waals surface area contributed by atoms with E-state index in [0.717, 1.165) is 11.3 Å². The molecule has 0 saturated heterocycles. The molecule has 7 heteroatoms. The van der Waals surface area contributed by atoms with Crippen LogP contribution in [0.3, 0.4) is 0 Å². The molecule has 0 aliphatic carbocycles. The number of hydrogen-bond acceptors (Lipinski definition) is 6. The number of carbonyl (C=O) groups excluding carboxylic acids is 1.